The highest BCUT2D eigenvalue weighted by molar-refractivity contribution is 9.10. The van der Waals surface area contributed by atoms with Crippen molar-refractivity contribution < 1.29 is 9.47 Å². The number of rotatable bonds is 2. The number of aryl methyl sites for hydroxylation is 1. The van der Waals surface area contributed by atoms with Crippen LogP contribution in [0.25, 0.3) is 0 Å². The first-order chi connectivity index (χ1) is 8.67. The normalized spacial score (nSPS) is 25.8. The molecule has 1 aromatic rings. The Morgan fingerprint density at radius 2 is 2.22 bits per heavy atom. The summed E-state index contributed by atoms with van der Waals surface area (Å²) in [5.41, 5.74) is 1.36. The van der Waals surface area contributed by atoms with Gasteiger partial charge in [-0.05, 0) is 43.9 Å². The number of hydrogen-bond donors (Lipinski definition) is 0. The van der Waals surface area contributed by atoms with Crippen molar-refractivity contribution in [1.29, 1.82) is 0 Å². The molecule has 1 saturated carbocycles. The zero-order chi connectivity index (χ0) is 12.6. The molecule has 2 aliphatic rings. The van der Waals surface area contributed by atoms with Crippen LogP contribution in [0.1, 0.15) is 37.7 Å². The van der Waals surface area contributed by atoms with Gasteiger partial charge in [0.2, 0.25) is 0 Å². The Bertz CT molecular complexity index is 440. The van der Waals surface area contributed by atoms with E-state index in [0.717, 1.165) is 29.7 Å². The maximum absolute atomic E-state index is 6.19. The average molecular weight is 311 g/mol. The highest BCUT2D eigenvalue weighted by Gasteiger charge is 2.43. The largest absolute Gasteiger partial charge is 0.490 e. The van der Waals surface area contributed by atoms with Crippen LogP contribution in [-0.2, 0) is 4.74 Å². The van der Waals surface area contributed by atoms with Gasteiger partial charge in [-0.1, -0.05) is 22.0 Å². The lowest BCUT2D eigenvalue weighted by atomic mass is 9.74. The molecule has 2 fully saturated rings. The van der Waals surface area contributed by atoms with Crippen LogP contribution in [0.2, 0.25) is 0 Å². The fourth-order valence-corrected chi connectivity index (χ4v) is 3.22. The van der Waals surface area contributed by atoms with E-state index >= 15 is 0 Å². The maximum Gasteiger partial charge on any atom is 0.123 e. The summed E-state index contributed by atoms with van der Waals surface area (Å²) in [4.78, 5) is 0. The summed E-state index contributed by atoms with van der Waals surface area (Å²) in [7, 11) is 0. The molecule has 3 rings (SSSR count). The summed E-state index contributed by atoms with van der Waals surface area (Å²) < 4.78 is 13.2. The highest BCUT2D eigenvalue weighted by Crippen LogP contribution is 2.43. The zero-order valence-electron chi connectivity index (χ0n) is 10.7. The Kier molecular flexibility index (Phi) is 3.37. The molecule has 1 heterocycles. The van der Waals surface area contributed by atoms with Crippen LogP contribution in [0, 0.1) is 6.92 Å². The van der Waals surface area contributed by atoms with Gasteiger partial charge in [0.05, 0.1) is 12.2 Å². The van der Waals surface area contributed by atoms with Crippen molar-refractivity contribution in [3.8, 4) is 5.75 Å². The third kappa shape index (κ3) is 2.43. The lowest BCUT2D eigenvalue weighted by molar-refractivity contribution is -0.153. The molecule has 0 aromatic heterocycles. The van der Waals surface area contributed by atoms with Crippen LogP contribution in [-0.4, -0.2) is 18.3 Å². The molecule has 98 valence electrons. The Balaban J connectivity index is 1.70. The Morgan fingerprint density at radius 1 is 1.39 bits per heavy atom. The van der Waals surface area contributed by atoms with Gasteiger partial charge in [-0.15, -0.1) is 0 Å². The minimum absolute atomic E-state index is 0.156. The summed E-state index contributed by atoms with van der Waals surface area (Å²) in [6.07, 6.45) is 6.11. The quantitative estimate of drug-likeness (QED) is 0.813. The summed E-state index contributed by atoms with van der Waals surface area (Å²) >= 11 is 3.50. The van der Waals surface area contributed by atoms with Crippen molar-refractivity contribution >= 4 is 15.9 Å². The number of benzene rings is 1. The predicted molar refractivity (Wildman–Crippen MR) is 75.1 cm³/mol. The summed E-state index contributed by atoms with van der Waals surface area (Å²) in [5, 5.41) is 0. The highest BCUT2D eigenvalue weighted by atomic mass is 79.9. The molecule has 0 N–H and O–H groups in total. The van der Waals surface area contributed by atoms with Gasteiger partial charge in [0.15, 0.2) is 0 Å². The van der Waals surface area contributed by atoms with Gasteiger partial charge >= 0.3 is 0 Å². The van der Waals surface area contributed by atoms with E-state index in [4.69, 9.17) is 9.47 Å². The standard InChI is InChI=1S/C15H19BrO2/c1-11-3-4-12(16)9-14(11)18-13-5-8-17-15(10-13)6-2-7-15/h3-4,9,13H,2,5-8,10H2,1H3. The molecule has 1 atom stereocenters. The number of ether oxygens (including phenoxy) is 2. The fraction of sp³-hybridized carbons (Fsp3) is 0.600. The van der Waals surface area contributed by atoms with Gasteiger partial charge in [-0.3, -0.25) is 0 Å². The molecule has 1 unspecified atom stereocenters. The lowest BCUT2D eigenvalue weighted by Crippen LogP contribution is -2.48. The molecule has 1 aliphatic heterocycles. The fourth-order valence-electron chi connectivity index (χ4n) is 2.88. The number of hydrogen-bond acceptors (Lipinski definition) is 2. The van der Waals surface area contributed by atoms with Gasteiger partial charge in [-0.25, -0.2) is 0 Å². The van der Waals surface area contributed by atoms with Crippen LogP contribution in [0.3, 0.4) is 0 Å². The van der Waals surface area contributed by atoms with Crippen LogP contribution in [0.4, 0.5) is 0 Å². The van der Waals surface area contributed by atoms with Gasteiger partial charge in [-0.2, -0.15) is 0 Å². The van der Waals surface area contributed by atoms with E-state index in [0.29, 0.717) is 6.10 Å². The lowest BCUT2D eigenvalue weighted by Gasteiger charge is -2.47. The first kappa shape index (κ1) is 12.5. The van der Waals surface area contributed by atoms with E-state index in [1.807, 2.05) is 0 Å². The van der Waals surface area contributed by atoms with Crippen molar-refractivity contribution in [1.82, 2.24) is 0 Å². The molecule has 0 radical (unpaired) electrons. The molecular weight excluding hydrogens is 292 g/mol. The summed E-state index contributed by atoms with van der Waals surface area (Å²) in [6, 6.07) is 6.22. The Hall–Kier alpha value is -0.540. The van der Waals surface area contributed by atoms with E-state index in [9.17, 15) is 0 Å². The molecule has 0 amide bonds. The first-order valence-electron chi connectivity index (χ1n) is 6.74. The molecule has 0 bridgehead atoms. The van der Waals surface area contributed by atoms with Gasteiger partial charge < -0.3 is 9.47 Å². The van der Waals surface area contributed by atoms with Crippen LogP contribution < -0.4 is 4.74 Å². The van der Waals surface area contributed by atoms with Crippen molar-refractivity contribution in [2.24, 2.45) is 0 Å². The molecule has 1 spiro atoms. The van der Waals surface area contributed by atoms with Crippen LogP contribution in [0.15, 0.2) is 22.7 Å². The minimum Gasteiger partial charge on any atom is -0.490 e. The zero-order valence-corrected chi connectivity index (χ0v) is 12.3. The monoisotopic (exact) mass is 310 g/mol. The van der Waals surface area contributed by atoms with E-state index in [-0.39, 0.29) is 5.60 Å². The average Bonchev–Trinajstić information content (AvgIpc) is 2.32. The molecule has 3 heteroatoms. The second kappa shape index (κ2) is 4.86. The number of halogens is 1. The molecule has 2 nitrogen and oxygen atoms in total. The Morgan fingerprint density at radius 3 is 2.94 bits per heavy atom. The predicted octanol–water partition coefficient (Wildman–Crippen LogP) is 4.24. The van der Waals surface area contributed by atoms with Crippen molar-refractivity contribution in [2.75, 3.05) is 6.61 Å². The third-order valence-electron chi connectivity index (χ3n) is 4.16. The summed E-state index contributed by atoms with van der Waals surface area (Å²) in [6.45, 7) is 2.94. The third-order valence-corrected chi connectivity index (χ3v) is 4.65. The second-order valence-corrected chi connectivity index (χ2v) is 6.44. The minimum atomic E-state index is 0.156. The molecule has 1 aromatic carbocycles. The SMILES string of the molecule is Cc1ccc(Br)cc1OC1CCOC2(CCC2)C1. The second-order valence-electron chi connectivity index (χ2n) is 5.53. The van der Waals surface area contributed by atoms with Gasteiger partial charge in [0.1, 0.15) is 11.9 Å². The molecular formula is C15H19BrO2. The first-order valence-corrected chi connectivity index (χ1v) is 7.53. The summed E-state index contributed by atoms with van der Waals surface area (Å²) in [5.74, 6) is 1.01. The van der Waals surface area contributed by atoms with Crippen molar-refractivity contribution in [3.05, 3.63) is 28.2 Å². The Labute approximate surface area is 117 Å². The van der Waals surface area contributed by atoms with E-state index in [1.54, 1.807) is 0 Å². The topological polar surface area (TPSA) is 18.5 Å². The molecule has 1 saturated heterocycles. The van der Waals surface area contributed by atoms with E-state index in [1.165, 1.54) is 24.8 Å². The van der Waals surface area contributed by atoms with E-state index in [2.05, 4.69) is 41.1 Å². The van der Waals surface area contributed by atoms with Gasteiger partial charge in [0, 0.05) is 17.3 Å². The van der Waals surface area contributed by atoms with Gasteiger partial charge in [0.25, 0.3) is 0 Å². The van der Waals surface area contributed by atoms with E-state index < -0.39 is 0 Å². The smallest absolute Gasteiger partial charge is 0.123 e. The maximum atomic E-state index is 6.19. The van der Waals surface area contributed by atoms with Crippen molar-refractivity contribution in [2.45, 2.75) is 50.7 Å². The van der Waals surface area contributed by atoms with Crippen LogP contribution in [0.5, 0.6) is 5.75 Å². The molecule has 18 heavy (non-hydrogen) atoms. The van der Waals surface area contributed by atoms with Crippen LogP contribution >= 0.6 is 15.9 Å². The van der Waals surface area contributed by atoms with Crippen molar-refractivity contribution in [3.63, 3.8) is 0 Å². The molecule has 1 aliphatic carbocycles.